The molecular weight excluding hydrogens is 222 g/mol. The van der Waals surface area contributed by atoms with Crippen LogP contribution in [-0.4, -0.2) is 11.5 Å². The first-order chi connectivity index (χ1) is 8.79. The summed E-state index contributed by atoms with van der Waals surface area (Å²) in [6.07, 6.45) is 1.04. The SMILES string of the molecule is Cc1cccc2c1CCN2c1cccc(C#N)n1. The Kier molecular flexibility index (Phi) is 2.49. The van der Waals surface area contributed by atoms with Gasteiger partial charge in [0.25, 0.3) is 0 Å². The Bertz CT molecular complexity index is 640. The molecule has 0 saturated carbocycles. The number of rotatable bonds is 1. The van der Waals surface area contributed by atoms with Crippen LogP contribution in [0.4, 0.5) is 11.5 Å². The van der Waals surface area contributed by atoms with E-state index in [-0.39, 0.29) is 0 Å². The molecule has 2 heterocycles. The predicted octanol–water partition coefficient (Wildman–Crippen LogP) is 2.96. The highest BCUT2D eigenvalue weighted by Crippen LogP contribution is 2.34. The summed E-state index contributed by atoms with van der Waals surface area (Å²) in [7, 11) is 0. The highest BCUT2D eigenvalue weighted by molar-refractivity contribution is 5.69. The van der Waals surface area contributed by atoms with Gasteiger partial charge >= 0.3 is 0 Å². The number of fused-ring (bicyclic) bond motifs is 1. The van der Waals surface area contributed by atoms with Crippen LogP contribution in [0.2, 0.25) is 0 Å². The molecule has 0 N–H and O–H groups in total. The standard InChI is InChI=1S/C15H13N3/c1-11-4-2-6-14-13(11)8-9-18(14)15-7-3-5-12(10-16)17-15/h2-7H,8-9H2,1H3. The van der Waals surface area contributed by atoms with E-state index in [1.807, 2.05) is 12.1 Å². The molecule has 1 aliphatic heterocycles. The molecule has 0 atom stereocenters. The van der Waals surface area contributed by atoms with Gasteiger partial charge in [-0.25, -0.2) is 4.98 Å². The van der Waals surface area contributed by atoms with Gasteiger partial charge in [0.15, 0.2) is 0 Å². The summed E-state index contributed by atoms with van der Waals surface area (Å²) in [5, 5.41) is 8.91. The topological polar surface area (TPSA) is 39.9 Å². The molecule has 3 nitrogen and oxygen atoms in total. The molecule has 1 aromatic carbocycles. The first kappa shape index (κ1) is 10.8. The maximum Gasteiger partial charge on any atom is 0.142 e. The lowest BCUT2D eigenvalue weighted by atomic mass is 10.1. The molecule has 3 rings (SSSR count). The average Bonchev–Trinajstić information content (AvgIpc) is 2.84. The van der Waals surface area contributed by atoms with Gasteiger partial charge in [-0.1, -0.05) is 18.2 Å². The fourth-order valence-electron chi connectivity index (χ4n) is 2.48. The van der Waals surface area contributed by atoms with E-state index < -0.39 is 0 Å². The number of aryl methyl sites for hydroxylation is 1. The molecule has 88 valence electrons. The van der Waals surface area contributed by atoms with Gasteiger partial charge in [0.1, 0.15) is 17.6 Å². The van der Waals surface area contributed by atoms with Crippen molar-refractivity contribution in [1.29, 1.82) is 5.26 Å². The van der Waals surface area contributed by atoms with Crippen molar-refractivity contribution in [3.8, 4) is 6.07 Å². The lowest BCUT2D eigenvalue weighted by Crippen LogP contribution is -2.14. The zero-order valence-corrected chi connectivity index (χ0v) is 10.2. The molecule has 0 spiro atoms. The van der Waals surface area contributed by atoms with E-state index in [0.29, 0.717) is 5.69 Å². The van der Waals surface area contributed by atoms with Crippen molar-refractivity contribution in [3.63, 3.8) is 0 Å². The molecule has 0 radical (unpaired) electrons. The van der Waals surface area contributed by atoms with Crippen LogP contribution in [0, 0.1) is 18.3 Å². The molecule has 3 heteroatoms. The monoisotopic (exact) mass is 235 g/mol. The number of pyridine rings is 1. The van der Waals surface area contributed by atoms with Crippen LogP contribution in [0.15, 0.2) is 36.4 Å². The summed E-state index contributed by atoms with van der Waals surface area (Å²) in [6, 6.07) is 14.0. The Labute approximate surface area is 106 Å². The average molecular weight is 235 g/mol. The van der Waals surface area contributed by atoms with Gasteiger partial charge < -0.3 is 4.90 Å². The van der Waals surface area contributed by atoms with Crippen LogP contribution >= 0.6 is 0 Å². The minimum Gasteiger partial charge on any atom is -0.326 e. The van der Waals surface area contributed by atoms with Crippen LogP contribution in [0.3, 0.4) is 0 Å². The van der Waals surface area contributed by atoms with E-state index in [1.165, 1.54) is 16.8 Å². The maximum absolute atomic E-state index is 8.91. The number of nitriles is 1. The molecule has 2 aromatic rings. The van der Waals surface area contributed by atoms with Crippen LogP contribution < -0.4 is 4.90 Å². The summed E-state index contributed by atoms with van der Waals surface area (Å²) >= 11 is 0. The molecule has 1 aromatic heterocycles. The summed E-state index contributed by atoms with van der Waals surface area (Å²) in [5.41, 5.74) is 4.40. The van der Waals surface area contributed by atoms with Gasteiger partial charge in [-0.05, 0) is 42.7 Å². The van der Waals surface area contributed by atoms with E-state index in [9.17, 15) is 0 Å². The quantitative estimate of drug-likeness (QED) is 0.763. The summed E-state index contributed by atoms with van der Waals surface area (Å²) < 4.78 is 0. The minimum atomic E-state index is 0.466. The number of nitrogens with zero attached hydrogens (tertiary/aromatic N) is 3. The van der Waals surface area contributed by atoms with Gasteiger partial charge in [-0.3, -0.25) is 0 Å². The fourth-order valence-corrected chi connectivity index (χ4v) is 2.48. The van der Waals surface area contributed by atoms with Crippen LogP contribution in [0.25, 0.3) is 0 Å². The van der Waals surface area contributed by atoms with Crippen molar-refractivity contribution in [3.05, 3.63) is 53.2 Å². The number of hydrogen-bond donors (Lipinski definition) is 0. The second-order valence-corrected chi connectivity index (χ2v) is 4.47. The van der Waals surface area contributed by atoms with Crippen LogP contribution in [0.5, 0.6) is 0 Å². The molecular formula is C15H13N3. The predicted molar refractivity (Wildman–Crippen MR) is 70.8 cm³/mol. The van der Waals surface area contributed by atoms with Crippen molar-refractivity contribution >= 4 is 11.5 Å². The zero-order valence-electron chi connectivity index (χ0n) is 10.2. The molecule has 0 aliphatic carbocycles. The van der Waals surface area contributed by atoms with Crippen molar-refractivity contribution in [2.45, 2.75) is 13.3 Å². The molecule has 0 saturated heterocycles. The van der Waals surface area contributed by atoms with E-state index in [2.05, 4.69) is 41.1 Å². The Morgan fingerprint density at radius 1 is 1.22 bits per heavy atom. The first-order valence-electron chi connectivity index (χ1n) is 6.03. The zero-order chi connectivity index (χ0) is 12.5. The largest absolute Gasteiger partial charge is 0.326 e. The van der Waals surface area contributed by atoms with Crippen LogP contribution in [-0.2, 0) is 6.42 Å². The molecule has 0 fully saturated rings. The Morgan fingerprint density at radius 3 is 2.89 bits per heavy atom. The molecule has 0 bridgehead atoms. The summed E-state index contributed by atoms with van der Waals surface area (Å²) in [4.78, 5) is 6.55. The van der Waals surface area contributed by atoms with Gasteiger partial charge in [0, 0.05) is 12.2 Å². The number of benzene rings is 1. The van der Waals surface area contributed by atoms with E-state index in [4.69, 9.17) is 5.26 Å². The summed E-state index contributed by atoms with van der Waals surface area (Å²) in [5.74, 6) is 0.860. The third-order valence-corrected chi connectivity index (χ3v) is 3.39. The second-order valence-electron chi connectivity index (χ2n) is 4.47. The highest BCUT2D eigenvalue weighted by atomic mass is 15.2. The third-order valence-electron chi connectivity index (χ3n) is 3.39. The lowest BCUT2D eigenvalue weighted by Gasteiger charge is -2.18. The normalized spacial score (nSPS) is 13.2. The fraction of sp³-hybridized carbons (Fsp3) is 0.200. The van der Waals surface area contributed by atoms with Gasteiger partial charge in [0.2, 0.25) is 0 Å². The molecule has 1 aliphatic rings. The number of aromatic nitrogens is 1. The minimum absolute atomic E-state index is 0.466. The third kappa shape index (κ3) is 1.63. The first-order valence-corrected chi connectivity index (χ1v) is 6.03. The van der Waals surface area contributed by atoms with E-state index >= 15 is 0 Å². The van der Waals surface area contributed by atoms with Crippen molar-refractivity contribution in [2.24, 2.45) is 0 Å². The van der Waals surface area contributed by atoms with Crippen LogP contribution in [0.1, 0.15) is 16.8 Å². The molecule has 0 unspecified atom stereocenters. The molecule has 18 heavy (non-hydrogen) atoms. The van der Waals surface area contributed by atoms with E-state index in [0.717, 1.165) is 18.8 Å². The van der Waals surface area contributed by atoms with Crippen molar-refractivity contribution in [2.75, 3.05) is 11.4 Å². The summed E-state index contributed by atoms with van der Waals surface area (Å²) in [6.45, 7) is 3.07. The highest BCUT2D eigenvalue weighted by Gasteiger charge is 2.22. The maximum atomic E-state index is 8.91. The number of hydrogen-bond acceptors (Lipinski definition) is 3. The van der Waals surface area contributed by atoms with Crippen molar-refractivity contribution < 1.29 is 0 Å². The van der Waals surface area contributed by atoms with Gasteiger partial charge in [0.05, 0.1) is 0 Å². The van der Waals surface area contributed by atoms with Crippen molar-refractivity contribution in [1.82, 2.24) is 4.98 Å². The number of anilines is 2. The molecule has 0 amide bonds. The smallest absolute Gasteiger partial charge is 0.142 e. The Morgan fingerprint density at radius 2 is 2.06 bits per heavy atom. The Hall–Kier alpha value is -2.34. The van der Waals surface area contributed by atoms with E-state index in [1.54, 1.807) is 6.07 Å². The van der Waals surface area contributed by atoms with Gasteiger partial charge in [-0.2, -0.15) is 5.26 Å². The Balaban J connectivity index is 2.06. The van der Waals surface area contributed by atoms with Gasteiger partial charge in [-0.15, -0.1) is 0 Å². The second kappa shape index (κ2) is 4.15. The lowest BCUT2D eigenvalue weighted by molar-refractivity contribution is 0.969.